The van der Waals surface area contributed by atoms with E-state index >= 15 is 0 Å². The third-order valence-electron chi connectivity index (χ3n) is 14.0. The molecule has 1 atom stereocenters. The second kappa shape index (κ2) is 65.6. The van der Waals surface area contributed by atoms with Crippen molar-refractivity contribution in [2.45, 2.75) is 316 Å². The lowest BCUT2D eigenvalue weighted by Gasteiger charge is -2.18. The maximum atomic E-state index is 12.9. The van der Waals surface area contributed by atoms with Crippen molar-refractivity contribution in [3.63, 3.8) is 0 Å². The monoisotopic (exact) mass is 1080 g/mol. The molecule has 0 aromatic heterocycles. The van der Waals surface area contributed by atoms with E-state index in [0.717, 1.165) is 116 Å². The van der Waals surface area contributed by atoms with E-state index < -0.39 is 6.10 Å². The zero-order chi connectivity index (χ0) is 56.4. The molecule has 0 aliphatic rings. The van der Waals surface area contributed by atoms with Gasteiger partial charge in [0, 0.05) is 19.3 Å². The van der Waals surface area contributed by atoms with Gasteiger partial charge in [0.15, 0.2) is 6.10 Å². The third-order valence-corrected chi connectivity index (χ3v) is 14.0. The second-order valence-corrected chi connectivity index (χ2v) is 21.6. The van der Waals surface area contributed by atoms with Crippen molar-refractivity contribution >= 4 is 17.9 Å². The summed E-state index contributed by atoms with van der Waals surface area (Å²) in [4.78, 5) is 38.3. The quantitative estimate of drug-likeness (QED) is 0.0261. The summed E-state index contributed by atoms with van der Waals surface area (Å²) in [6.07, 6.45) is 89.6. The lowest BCUT2D eigenvalue weighted by Crippen LogP contribution is -2.30. The van der Waals surface area contributed by atoms with E-state index in [0.29, 0.717) is 19.3 Å². The Bertz CT molecular complexity index is 1570. The van der Waals surface area contributed by atoms with E-state index in [1.54, 1.807) is 0 Å². The molecular weight excluding hydrogens is 961 g/mol. The molecule has 0 saturated heterocycles. The largest absolute Gasteiger partial charge is 0.462 e. The van der Waals surface area contributed by atoms with Gasteiger partial charge in [-0.1, -0.05) is 297 Å². The predicted molar refractivity (Wildman–Crippen MR) is 339 cm³/mol. The molecule has 6 nitrogen and oxygen atoms in total. The molecule has 78 heavy (non-hydrogen) atoms. The van der Waals surface area contributed by atoms with Crippen molar-refractivity contribution < 1.29 is 28.6 Å². The van der Waals surface area contributed by atoms with E-state index in [-0.39, 0.29) is 37.5 Å². The van der Waals surface area contributed by atoms with Crippen LogP contribution in [-0.4, -0.2) is 37.2 Å². The highest BCUT2D eigenvalue weighted by atomic mass is 16.6. The first-order chi connectivity index (χ1) is 38.5. The van der Waals surface area contributed by atoms with Crippen LogP contribution in [0.3, 0.4) is 0 Å². The van der Waals surface area contributed by atoms with E-state index in [1.165, 1.54) is 148 Å². The summed E-state index contributed by atoms with van der Waals surface area (Å²) in [5, 5.41) is 0. The van der Waals surface area contributed by atoms with Gasteiger partial charge >= 0.3 is 17.9 Å². The van der Waals surface area contributed by atoms with Crippen LogP contribution in [-0.2, 0) is 28.6 Å². The number of hydrogen-bond donors (Lipinski definition) is 0. The van der Waals surface area contributed by atoms with Crippen molar-refractivity contribution in [2.24, 2.45) is 0 Å². The van der Waals surface area contributed by atoms with E-state index in [9.17, 15) is 14.4 Å². The molecule has 6 heteroatoms. The average molecular weight is 1080 g/mol. The molecule has 0 saturated carbocycles. The van der Waals surface area contributed by atoms with Gasteiger partial charge in [0.05, 0.1) is 0 Å². The number of carbonyl (C=O) groups is 3. The van der Waals surface area contributed by atoms with Crippen LogP contribution in [0.1, 0.15) is 310 Å². The first kappa shape index (κ1) is 74.1. The van der Waals surface area contributed by atoms with Crippen molar-refractivity contribution in [3.8, 4) is 0 Å². The summed E-state index contributed by atoms with van der Waals surface area (Å²) in [6.45, 7) is 6.47. The van der Waals surface area contributed by atoms with Gasteiger partial charge in [0.1, 0.15) is 13.2 Å². The molecule has 0 aromatic carbocycles. The number of hydrogen-bond acceptors (Lipinski definition) is 6. The second-order valence-electron chi connectivity index (χ2n) is 21.6. The molecule has 0 heterocycles. The Labute approximate surface area is 482 Å². The van der Waals surface area contributed by atoms with E-state index in [4.69, 9.17) is 14.2 Å². The molecule has 1 unspecified atom stereocenters. The van der Waals surface area contributed by atoms with Gasteiger partial charge in [0.2, 0.25) is 0 Å². The topological polar surface area (TPSA) is 78.9 Å². The van der Waals surface area contributed by atoms with Crippen LogP contribution in [0.4, 0.5) is 0 Å². The molecule has 0 spiro atoms. The van der Waals surface area contributed by atoms with Crippen LogP contribution < -0.4 is 0 Å². The maximum Gasteiger partial charge on any atom is 0.306 e. The standard InChI is InChI=1S/C72H122O6/c1-4-7-10-13-16-19-22-25-28-30-32-34-36-38-39-41-44-47-50-53-56-59-62-65-71(74)77-68-69(67-76-70(73)64-61-58-55-52-49-46-43-27-24-21-18-15-12-9-6-3)78-72(75)66-63-60-57-54-51-48-45-42-40-37-35-33-31-29-26-23-20-17-14-11-8-5-2/h7,10,16,18-19,21,25,27-28,32,34,38-39,43-44,47,53,56,69H,4-6,8-9,11-15,17,20,22-24,26,29-31,33,35-37,40-42,45-46,48-52,54-55,57-68H2,1-3H3/b10-7-,19-16-,21-18-,28-25-,34-32-,39-38-,43-27-,47-44-,56-53-. The molecular formula is C72H122O6. The van der Waals surface area contributed by atoms with Gasteiger partial charge in [-0.15, -0.1) is 0 Å². The zero-order valence-electron chi connectivity index (χ0n) is 51.2. The average Bonchev–Trinajstić information content (AvgIpc) is 3.44. The molecule has 0 radical (unpaired) electrons. The molecule has 0 amide bonds. The Balaban J connectivity index is 4.45. The molecule has 0 bridgehead atoms. The van der Waals surface area contributed by atoms with Crippen LogP contribution in [0.25, 0.3) is 0 Å². The van der Waals surface area contributed by atoms with Gasteiger partial charge < -0.3 is 14.2 Å². The van der Waals surface area contributed by atoms with Crippen LogP contribution in [0, 0.1) is 0 Å². The molecule has 0 aromatic rings. The van der Waals surface area contributed by atoms with Gasteiger partial charge in [-0.2, -0.15) is 0 Å². The number of carbonyl (C=O) groups excluding carboxylic acids is 3. The summed E-state index contributed by atoms with van der Waals surface area (Å²) in [7, 11) is 0. The number of rotatable bonds is 59. The van der Waals surface area contributed by atoms with Crippen molar-refractivity contribution in [1.82, 2.24) is 0 Å². The Kier molecular flexibility index (Phi) is 62.3. The van der Waals surface area contributed by atoms with E-state index in [2.05, 4.69) is 130 Å². The predicted octanol–water partition coefficient (Wildman–Crippen LogP) is 22.6. The fraction of sp³-hybridized carbons (Fsp3) is 0.708. The smallest absolute Gasteiger partial charge is 0.306 e. The highest BCUT2D eigenvalue weighted by molar-refractivity contribution is 5.71. The molecule has 0 aliphatic carbocycles. The summed E-state index contributed by atoms with van der Waals surface area (Å²) < 4.78 is 16.9. The number of allylic oxidation sites excluding steroid dienone is 18. The van der Waals surface area contributed by atoms with Crippen LogP contribution in [0.5, 0.6) is 0 Å². The molecule has 446 valence electrons. The van der Waals surface area contributed by atoms with Crippen molar-refractivity contribution in [1.29, 1.82) is 0 Å². The molecule has 0 fully saturated rings. The Morgan fingerprint density at radius 2 is 0.513 bits per heavy atom. The fourth-order valence-corrected chi connectivity index (χ4v) is 9.11. The SMILES string of the molecule is CC/C=C\C/C=C\C/C=C\C/C=C\C/C=C\C/C=C\C/C=C\CCCC(=O)OCC(COC(=O)CCCCCCC/C=C\C/C=C\CCCCC)OC(=O)CCCCCCCCCCCCCCCCCCCCCCCC. The molecule has 0 N–H and O–H groups in total. The minimum absolute atomic E-state index is 0.102. The first-order valence-electron chi connectivity index (χ1n) is 32.9. The van der Waals surface area contributed by atoms with Crippen molar-refractivity contribution in [2.75, 3.05) is 13.2 Å². The molecule has 0 aliphatic heterocycles. The van der Waals surface area contributed by atoms with E-state index in [1.807, 2.05) is 0 Å². The van der Waals surface area contributed by atoms with Gasteiger partial charge in [-0.25, -0.2) is 0 Å². The van der Waals surface area contributed by atoms with Crippen molar-refractivity contribution in [3.05, 3.63) is 109 Å². The lowest BCUT2D eigenvalue weighted by atomic mass is 10.0. The van der Waals surface area contributed by atoms with Crippen LogP contribution in [0.2, 0.25) is 0 Å². The van der Waals surface area contributed by atoms with Gasteiger partial charge in [-0.05, 0) is 103 Å². The number of ether oxygens (including phenoxy) is 3. The summed E-state index contributed by atoms with van der Waals surface area (Å²) in [6, 6.07) is 0. The highest BCUT2D eigenvalue weighted by Crippen LogP contribution is 2.17. The summed E-state index contributed by atoms with van der Waals surface area (Å²) in [5.41, 5.74) is 0. The Morgan fingerprint density at radius 1 is 0.269 bits per heavy atom. The van der Waals surface area contributed by atoms with Gasteiger partial charge in [0.25, 0.3) is 0 Å². The minimum atomic E-state index is -0.809. The summed E-state index contributed by atoms with van der Waals surface area (Å²) in [5.74, 6) is -0.966. The fourth-order valence-electron chi connectivity index (χ4n) is 9.11. The number of esters is 3. The first-order valence-corrected chi connectivity index (χ1v) is 32.9. The van der Waals surface area contributed by atoms with Crippen LogP contribution in [0.15, 0.2) is 109 Å². The lowest BCUT2D eigenvalue weighted by molar-refractivity contribution is -0.167. The highest BCUT2D eigenvalue weighted by Gasteiger charge is 2.19. The molecule has 0 rings (SSSR count). The number of unbranched alkanes of at least 4 members (excludes halogenated alkanes) is 30. The Morgan fingerprint density at radius 3 is 0.859 bits per heavy atom. The zero-order valence-corrected chi connectivity index (χ0v) is 51.2. The maximum absolute atomic E-state index is 12.9. The Hall–Kier alpha value is -3.93. The normalized spacial score (nSPS) is 12.8. The van der Waals surface area contributed by atoms with Gasteiger partial charge in [-0.3, -0.25) is 14.4 Å². The third kappa shape index (κ3) is 62.9. The van der Waals surface area contributed by atoms with Crippen LogP contribution >= 0.6 is 0 Å². The summed E-state index contributed by atoms with van der Waals surface area (Å²) >= 11 is 0. The minimum Gasteiger partial charge on any atom is -0.462 e.